The van der Waals surface area contributed by atoms with Crippen molar-refractivity contribution in [1.29, 1.82) is 0 Å². The van der Waals surface area contributed by atoms with Crippen LogP contribution in [0.2, 0.25) is 5.02 Å². The second-order valence-corrected chi connectivity index (χ2v) is 10.2. The highest BCUT2D eigenvalue weighted by Crippen LogP contribution is 2.45. The van der Waals surface area contributed by atoms with Gasteiger partial charge >= 0.3 is 0 Å². The van der Waals surface area contributed by atoms with Crippen LogP contribution in [0.3, 0.4) is 0 Å². The first-order chi connectivity index (χ1) is 18.8. The topological polar surface area (TPSA) is 89.0 Å². The first-order valence-electron chi connectivity index (χ1n) is 12.2. The standard InChI is InChI=1S/C30H25ClN2O5S/c1-4-38-23-16-19(10-15-22(23)37-3)25-24(27(35)30(36)33(25)21-13-11-20(31)12-14-21)26(34)28-17(2)32-29(39-28)18-8-6-5-7-9-18/h5-16,25,35H,4H2,1-3H3. The summed E-state index contributed by atoms with van der Waals surface area (Å²) in [4.78, 5) is 34.0. The van der Waals surface area contributed by atoms with E-state index in [9.17, 15) is 14.7 Å². The van der Waals surface area contributed by atoms with Crippen molar-refractivity contribution >= 4 is 40.3 Å². The van der Waals surface area contributed by atoms with Gasteiger partial charge in [0.05, 0.1) is 35.9 Å². The van der Waals surface area contributed by atoms with Gasteiger partial charge < -0.3 is 14.6 Å². The Labute approximate surface area is 234 Å². The lowest BCUT2D eigenvalue weighted by Crippen LogP contribution is -2.31. The zero-order valence-electron chi connectivity index (χ0n) is 21.5. The van der Waals surface area contributed by atoms with E-state index in [1.165, 1.54) is 23.3 Å². The molecule has 0 fully saturated rings. The molecule has 1 aliphatic rings. The third kappa shape index (κ3) is 4.89. The van der Waals surface area contributed by atoms with Crippen molar-refractivity contribution in [3.05, 3.63) is 105 Å². The number of Topliss-reactive ketones (excluding diaryl/α,β-unsaturated/α-hetero) is 1. The first kappa shape index (κ1) is 26.5. The van der Waals surface area contributed by atoms with Crippen molar-refractivity contribution in [1.82, 2.24) is 4.98 Å². The number of thiazole rings is 1. The quantitative estimate of drug-likeness (QED) is 0.234. The molecule has 1 unspecified atom stereocenters. The summed E-state index contributed by atoms with van der Waals surface area (Å²) in [5, 5.41) is 12.3. The van der Waals surface area contributed by atoms with E-state index in [1.54, 1.807) is 49.4 Å². The molecule has 3 aromatic carbocycles. The number of carbonyl (C=O) groups excluding carboxylic acids is 2. The second-order valence-electron chi connectivity index (χ2n) is 8.79. The molecule has 1 amide bonds. The van der Waals surface area contributed by atoms with E-state index in [0.717, 1.165) is 5.56 Å². The molecule has 1 N–H and O–H groups in total. The Balaban J connectivity index is 1.65. The fourth-order valence-electron chi connectivity index (χ4n) is 4.59. The van der Waals surface area contributed by atoms with Crippen LogP contribution < -0.4 is 14.4 Å². The van der Waals surface area contributed by atoms with Crippen LogP contribution >= 0.6 is 22.9 Å². The van der Waals surface area contributed by atoms with Crippen LogP contribution in [0.1, 0.15) is 33.9 Å². The van der Waals surface area contributed by atoms with Crippen LogP contribution in [0, 0.1) is 6.92 Å². The number of aromatic nitrogens is 1. The number of rotatable bonds is 8. The number of ether oxygens (including phenoxy) is 2. The highest BCUT2D eigenvalue weighted by atomic mass is 35.5. The molecule has 0 saturated carbocycles. The minimum Gasteiger partial charge on any atom is -0.503 e. The van der Waals surface area contributed by atoms with Crippen LogP contribution in [-0.4, -0.2) is 35.5 Å². The molecule has 9 heteroatoms. The SMILES string of the molecule is CCOc1cc(C2C(C(=O)c3sc(-c4ccccc4)nc3C)=C(O)C(=O)N2c2ccc(Cl)cc2)ccc1OC. The highest BCUT2D eigenvalue weighted by molar-refractivity contribution is 7.17. The predicted octanol–water partition coefficient (Wildman–Crippen LogP) is 6.96. The molecule has 198 valence electrons. The number of halogens is 1. The number of carbonyl (C=O) groups is 2. The number of aliphatic hydroxyl groups is 1. The molecule has 0 radical (unpaired) electrons. The Bertz CT molecular complexity index is 1580. The molecule has 2 heterocycles. The average molecular weight is 561 g/mol. The third-order valence-corrected chi connectivity index (χ3v) is 7.84. The number of anilines is 1. The summed E-state index contributed by atoms with van der Waals surface area (Å²) in [6.45, 7) is 3.99. The summed E-state index contributed by atoms with van der Waals surface area (Å²) in [5.74, 6) is -0.796. The summed E-state index contributed by atoms with van der Waals surface area (Å²) < 4.78 is 11.2. The van der Waals surface area contributed by atoms with Gasteiger partial charge in [-0.25, -0.2) is 4.98 Å². The number of amides is 1. The summed E-state index contributed by atoms with van der Waals surface area (Å²) in [6, 6.07) is 20.4. The van der Waals surface area contributed by atoms with Crippen LogP contribution in [0.15, 0.2) is 84.1 Å². The number of aliphatic hydroxyl groups excluding tert-OH is 1. The zero-order valence-corrected chi connectivity index (χ0v) is 23.0. The molecule has 0 aliphatic carbocycles. The molecule has 7 nitrogen and oxygen atoms in total. The van der Waals surface area contributed by atoms with Crippen molar-refractivity contribution in [2.75, 3.05) is 18.6 Å². The molecule has 1 atom stereocenters. The van der Waals surface area contributed by atoms with Gasteiger partial charge in [0.15, 0.2) is 17.3 Å². The van der Waals surface area contributed by atoms with E-state index in [0.29, 0.717) is 50.0 Å². The van der Waals surface area contributed by atoms with Gasteiger partial charge in [-0.3, -0.25) is 14.5 Å². The average Bonchev–Trinajstić information content (AvgIpc) is 3.46. The Morgan fingerprint density at radius 3 is 2.46 bits per heavy atom. The van der Waals surface area contributed by atoms with Crippen molar-refractivity contribution in [2.24, 2.45) is 0 Å². The minimum absolute atomic E-state index is 0.0334. The maximum absolute atomic E-state index is 14.1. The van der Waals surface area contributed by atoms with Crippen LogP contribution in [-0.2, 0) is 4.79 Å². The van der Waals surface area contributed by atoms with E-state index in [4.69, 9.17) is 21.1 Å². The maximum Gasteiger partial charge on any atom is 0.294 e. The number of hydrogen-bond donors (Lipinski definition) is 1. The monoisotopic (exact) mass is 560 g/mol. The lowest BCUT2D eigenvalue weighted by Gasteiger charge is -2.27. The van der Waals surface area contributed by atoms with Gasteiger partial charge in [-0.2, -0.15) is 0 Å². The zero-order chi connectivity index (χ0) is 27.7. The molecule has 39 heavy (non-hydrogen) atoms. The third-order valence-electron chi connectivity index (χ3n) is 6.38. The maximum atomic E-state index is 14.1. The smallest absolute Gasteiger partial charge is 0.294 e. The normalized spacial score (nSPS) is 15.1. The molecule has 4 aromatic rings. The number of methoxy groups -OCH3 is 1. The lowest BCUT2D eigenvalue weighted by atomic mass is 9.94. The highest BCUT2D eigenvalue weighted by Gasteiger charge is 2.45. The van der Waals surface area contributed by atoms with Gasteiger partial charge in [0, 0.05) is 16.3 Å². The number of benzene rings is 3. The first-order valence-corrected chi connectivity index (χ1v) is 13.4. The molecule has 0 spiro atoms. The van der Waals surface area contributed by atoms with Gasteiger partial charge in [0.25, 0.3) is 5.91 Å². The Morgan fingerprint density at radius 1 is 1.08 bits per heavy atom. The number of aryl methyl sites for hydroxylation is 1. The van der Waals surface area contributed by atoms with Gasteiger partial charge in [-0.1, -0.05) is 48.0 Å². The molecule has 5 rings (SSSR count). The molecule has 0 bridgehead atoms. The summed E-state index contributed by atoms with van der Waals surface area (Å²) >= 11 is 7.33. The van der Waals surface area contributed by atoms with Crippen molar-refractivity contribution in [2.45, 2.75) is 19.9 Å². The second kappa shape index (κ2) is 10.9. The predicted molar refractivity (Wildman–Crippen MR) is 152 cm³/mol. The molecular formula is C30H25ClN2O5S. The summed E-state index contributed by atoms with van der Waals surface area (Å²) in [5.41, 5.74) is 2.41. The lowest BCUT2D eigenvalue weighted by molar-refractivity contribution is -0.117. The van der Waals surface area contributed by atoms with E-state index >= 15 is 0 Å². The van der Waals surface area contributed by atoms with Crippen LogP contribution in [0.25, 0.3) is 10.6 Å². The largest absolute Gasteiger partial charge is 0.503 e. The summed E-state index contributed by atoms with van der Waals surface area (Å²) in [7, 11) is 1.54. The van der Waals surface area contributed by atoms with Gasteiger partial charge in [0.1, 0.15) is 5.01 Å². The Hall–Kier alpha value is -4.14. The fourth-order valence-corrected chi connectivity index (χ4v) is 5.74. The molecular weight excluding hydrogens is 536 g/mol. The molecule has 0 saturated heterocycles. The van der Waals surface area contributed by atoms with Gasteiger partial charge in [0.2, 0.25) is 5.78 Å². The number of ketones is 1. The minimum atomic E-state index is -0.932. The summed E-state index contributed by atoms with van der Waals surface area (Å²) in [6.07, 6.45) is 0. The van der Waals surface area contributed by atoms with E-state index in [1.807, 2.05) is 37.3 Å². The molecule has 1 aliphatic heterocycles. The van der Waals surface area contributed by atoms with E-state index in [2.05, 4.69) is 4.98 Å². The fraction of sp³-hybridized carbons (Fsp3) is 0.167. The Morgan fingerprint density at radius 2 is 1.79 bits per heavy atom. The van der Waals surface area contributed by atoms with Crippen molar-refractivity contribution in [3.63, 3.8) is 0 Å². The number of nitrogens with zero attached hydrogens (tertiary/aromatic N) is 2. The number of hydrogen-bond acceptors (Lipinski definition) is 7. The van der Waals surface area contributed by atoms with E-state index in [-0.39, 0.29) is 5.57 Å². The Kier molecular flexibility index (Phi) is 7.41. The van der Waals surface area contributed by atoms with Gasteiger partial charge in [-0.15, -0.1) is 11.3 Å². The van der Waals surface area contributed by atoms with Crippen LogP contribution in [0.4, 0.5) is 5.69 Å². The van der Waals surface area contributed by atoms with Crippen molar-refractivity contribution in [3.8, 4) is 22.1 Å². The van der Waals surface area contributed by atoms with Crippen molar-refractivity contribution < 1.29 is 24.2 Å². The van der Waals surface area contributed by atoms with E-state index < -0.39 is 23.5 Å². The van der Waals surface area contributed by atoms with Crippen LogP contribution in [0.5, 0.6) is 11.5 Å². The van der Waals surface area contributed by atoms with Gasteiger partial charge in [-0.05, 0) is 55.8 Å². The molecule has 1 aromatic heterocycles.